The fourth-order valence-electron chi connectivity index (χ4n) is 1.38. The average molecular weight is 236 g/mol. The van der Waals surface area contributed by atoms with Crippen LogP contribution in [0, 0.1) is 11.6 Å². The van der Waals surface area contributed by atoms with Crippen LogP contribution in [-0.2, 0) is 0 Å². The molecular formula is C11H6F2N2O2. The lowest BCUT2D eigenvalue weighted by Gasteiger charge is -2.05. The Morgan fingerprint density at radius 1 is 1.18 bits per heavy atom. The van der Waals surface area contributed by atoms with Gasteiger partial charge in [-0.15, -0.1) is 0 Å². The molecule has 0 spiro atoms. The highest BCUT2D eigenvalue weighted by Crippen LogP contribution is 2.24. The highest BCUT2D eigenvalue weighted by atomic mass is 19.2. The predicted molar refractivity (Wildman–Crippen MR) is 54.3 cm³/mol. The summed E-state index contributed by atoms with van der Waals surface area (Å²) >= 11 is 0. The van der Waals surface area contributed by atoms with Gasteiger partial charge < -0.3 is 5.11 Å². The smallest absolute Gasteiger partial charge is 0.339 e. The van der Waals surface area contributed by atoms with Gasteiger partial charge in [-0.3, -0.25) is 0 Å². The van der Waals surface area contributed by atoms with Crippen molar-refractivity contribution in [1.29, 1.82) is 0 Å². The van der Waals surface area contributed by atoms with Crippen molar-refractivity contribution >= 4 is 5.97 Å². The highest BCUT2D eigenvalue weighted by molar-refractivity contribution is 5.95. The first-order valence-electron chi connectivity index (χ1n) is 4.60. The van der Waals surface area contributed by atoms with Crippen LogP contribution < -0.4 is 0 Å². The van der Waals surface area contributed by atoms with Crippen molar-refractivity contribution in [3.05, 3.63) is 47.8 Å². The van der Waals surface area contributed by atoms with E-state index in [9.17, 15) is 13.6 Å². The Morgan fingerprint density at radius 2 is 1.82 bits per heavy atom. The second-order valence-electron chi connectivity index (χ2n) is 3.16. The summed E-state index contributed by atoms with van der Waals surface area (Å²) in [6, 6.07) is 3.51. The number of aromatic nitrogens is 2. The zero-order valence-electron chi connectivity index (χ0n) is 8.39. The molecule has 0 atom stereocenters. The Hall–Kier alpha value is -2.37. The number of hydrogen-bond donors (Lipinski definition) is 1. The average Bonchev–Trinajstić information content (AvgIpc) is 2.33. The quantitative estimate of drug-likeness (QED) is 0.867. The number of hydrogen-bond acceptors (Lipinski definition) is 3. The summed E-state index contributed by atoms with van der Waals surface area (Å²) in [4.78, 5) is 18.5. The van der Waals surface area contributed by atoms with Crippen LogP contribution in [-0.4, -0.2) is 21.0 Å². The second kappa shape index (κ2) is 4.25. The number of benzene rings is 1. The van der Waals surface area contributed by atoms with Crippen LogP contribution in [0.1, 0.15) is 10.4 Å². The Balaban J connectivity index is 2.71. The fraction of sp³-hybridized carbons (Fsp3) is 0. The van der Waals surface area contributed by atoms with E-state index in [0.717, 1.165) is 12.1 Å². The van der Waals surface area contributed by atoms with Crippen LogP contribution in [0.5, 0.6) is 0 Å². The molecular weight excluding hydrogens is 230 g/mol. The van der Waals surface area contributed by atoms with Gasteiger partial charge in [-0.05, 0) is 18.2 Å². The van der Waals surface area contributed by atoms with Crippen molar-refractivity contribution in [2.24, 2.45) is 0 Å². The van der Waals surface area contributed by atoms with Crippen molar-refractivity contribution in [2.75, 3.05) is 0 Å². The van der Waals surface area contributed by atoms with Crippen LogP contribution in [0.4, 0.5) is 8.78 Å². The van der Waals surface area contributed by atoms with Crippen molar-refractivity contribution in [3.8, 4) is 11.4 Å². The predicted octanol–water partition coefficient (Wildman–Crippen LogP) is 2.12. The lowest BCUT2D eigenvalue weighted by Crippen LogP contribution is -2.06. The van der Waals surface area contributed by atoms with Gasteiger partial charge >= 0.3 is 5.97 Å². The van der Waals surface area contributed by atoms with E-state index in [2.05, 4.69) is 9.97 Å². The number of aromatic carboxylic acids is 1. The van der Waals surface area contributed by atoms with Gasteiger partial charge in [0.15, 0.2) is 17.5 Å². The van der Waals surface area contributed by atoms with Crippen molar-refractivity contribution < 1.29 is 18.7 Å². The first kappa shape index (κ1) is 11.1. The van der Waals surface area contributed by atoms with Gasteiger partial charge in [0.25, 0.3) is 0 Å². The Morgan fingerprint density at radius 3 is 2.41 bits per heavy atom. The van der Waals surface area contributed by atoms with E-state index in [-0.39, 0.29) is 11.4 Å². The minimum atomic E-state index is -1.57. The van der Waals surface area contributed by atoms with Crippen LogP contribution in [0.2, 0.25) is 0 Å². The fourth-order valence-corrected chi connectivity index (χ4v) is 1.38. The van der Waals surface area contributed by atoms with E-state index in [4.69, 9.17) is 5.11 Å². The molecule has 0 aliphatic heterocycles. The minimum Gasteiger partial charge on any atom is -0.478 e. The molecule has 0 aliphatic rings. The second-order valence-corrected chi connectivity index (χ2v) is 3.16. The number of nitrogens with zero attached hydrogens (tertiary/aromatic N) is 2. The summed E-state index contributed by atoms with van der Waals surface area (Å²) in [7, 11) is 0. The normalized spacial score (nSPS) is 10.2. The maximum atomic E-state index is 13.4. The summed E-state index contributed by atoms with van der Waals surface area (Å²) < 4.78 is 26.3. The molecule has 0 radical (unpaired) electrons. The molecule has 1 N–H and O–H groups in total. The van der Waals surface area contributed by atoms with Crippen molar-refractivity contribution in [3.63, 3.8) is 0 Å². The zero-order chi connectivity index (χ0) is 12.4. The molecule has 17 heavy (non-hydrogen) atoms. The van der Waals surface area contributed by atoms with Gasteiger partial charge in [-0.25, -0.2) is 23.5 Å². The molecule has 0 unspecified atom stereocenters. The lowest BCUT2D eigenvalue weighted by molar-refractivity contribution is 0.0691. The molecule has 0 aliphatic carbocycles. The van der Waals surface area contributed by atoms with E-state index >= 15 is 0 Å². The van der Waals surface area contributed by atoms with Crippen molar-refractivity contribution in [2.45, 2.75) is 0 Å². The van der Waals surface area contributed by atoms with E-state index < -0.39 is 23.2 Å². The SMILES string of the molecule is O=C(O)c1c(-c2ncccn2)ccc(F)c1F. The Bertz CT molecular complexity index is 573. The molecule has 1 heterocycles. The van der Waals surface area contributed by atoms with E-state index in [1.54, 1.807) is 0 Å². The molecule has 1 aromatic carbocycles. The highest BCUT2D eigenvalue weighted by Gasteiger charge is 2.21. The summed E-state index contributed by atoms with van der Waals surface area (Å²) in [5.74, 6) is -4.17. The van der Waals surface area contributed by atoms with E-state index in [1.165, 1.54) is 18.5 Å². The first-order chi connectivity index (χ1) is 8.11. The summed E-state index contributed by atoms with van der Waals surface area (Å²) in [6.07, 6.45) is 2.77. The lowest BCUT2D eigenvalue weighted by atomic mass is 10.1. The molecule has 4 nitrogen and oxygen atoms in total. The molecule has 0 saturated heterocycles. The van der Waals surface area contributed by atoms with Gasteiger partial charge in [-0.1, -0.05) is 0 Å². The summed E-state index contributed by atoms with van der Waals surface area (Å²) in [5.41, 5.74) is -0.826. The van der Waals surface area contributed by atoms with Crippen LogP contribution in [0.25, 0.3) is 11.4 Å². The standard InChI is InChI=1S/C11H6F2N2O2/c12-7-3-2-6(8(9(7)13)11(16)17)10-14-4-1-5-15-10/h1-5H,(H,16,17). The van der Waals surface area contributed by atoms with Crippen LogP contribution >= 0.6 is 0 Å². The Kier molecular flexibility index (Phi) is 2.78. The number of carbonyl (C=O) groups is 1. The molecule has 2 rings (SSSR count). The van der Waals surface area contributed by atoms with E-state index in [0.29, 0.717) is 0 Å². The topological polar surface area (TPSA) is 63.1 Å². The number of carboxylic acid groups (broad SMARTS) is 1. The van der Waals surface area contributed by atoms with Crippen molar-refractivity contribution in [1.82, 2.24) is 9.97 Å². The summed E-state index contributed by atoms with van der Waals surface area (Å²) in [6.45, 7) is 0. The van der Waals surface area contributed by atoms with Gasteiger partial charge in [0.05, 0.1) is 0 Å². The maximum Gasteiger partial charge on any atom is 0.339 e. The largest absolute Gasteiger partial charge is 0.478 e. The molecule has 0 fully saturated rings. The van der Waals surface area contributed by atoms with Crippen LogP contribution in [0.15, 0.2) is 30.6 Å². The number of halogens is 2. The van der Waals surface area contributed by atoms with Crippen LogP contribution in [0.3, 0.4) is 0 Å². The van der Waals surface area contributed by atoms with Gasteiger partial charge in [0.1, 0.15) is 5.56 Å². The third-order valence-corrected chi connectivity index (χ3v) is 2.12. The zero-order valence-corrected chi connectivity index (χ0v) is 8.39. The molecule has 86 valence electrons. The van der Waals surface area contributed by atoms with Gasteiger partial charge in [0, 0.05) is 18.0 Å². The molecule has 6 heteroatoms. The number of rotatable bonds is 2. The molecule has 2 aromatic rings. The minimum absolute atomic E-state index is 0.0313. The third kappa shape index (κ3) is 1.96. The third-order valence-electron chi connectivity index (χ3n) is 2.12. The van der Waals surface area contributed by atoms with E-state index in [1.807, 2.05) is 0 Å². The molecule has 0 amide bonds. The molecule has 0 saturated carbocycles. The molecule has 1 aromatic heterocycles. The number of carboxylic acids is 1. The van der Waals surface area contributed by atoms with Gasteiger partial charge in [-0.2, -0.15) is 0 Å². The maximum absolute atomic E-state index is 13.4. The first-order valence-corrected chi connectivity index (χ1v) is 4.60. The van der Waals surface area contributed by atoms with Gasteiger partial charge in [0.2, 0.25) is 0 Å². The monoisotopic (exact) mass is 236 g/mol. The summed E-state index contributed by atoms with van der Waals surface area (Å²) in [5, 5.41) is 8.87. The Labute approximate surface area is 94.6 Å². The molecule has 0 bridgehead atoms.